The molecule has 1 aromatic carbocycles. The molecule has 0 N–H and O–H groups in total. The van der Waals surface area contributed by atoms with E-state index in [1.807, 2.05) is 0 Å². The molecule has 10 heavy (non-hydrogen) atoms. The van der Waals surface area contributed by atoms with Gasteiger partial charge in [-0.05, 0) is 0 Å². The van der Waals surface area contributed by atoms with E-state index in [1.165, 1.54) is 24.3 Å². The number of carbonyl (C=O) groups is 1. The van der Waals surface area contributed by atoms with E-state index in [9.17, 15) is 9.90 Å². The van der Waals surface area contributed by atoms with E-state index < -0.39 is 0 Å². The van der Waals surface area contributed by atoms with Crippen LogP contribution in [0.15, 0.2) is 24.3 Å². The molecular weight excluding hydrogens is 155 g/mol. The molecule has 0 radical (unpaired) electrons. The number of carbonyl (C=O) groups excluding carboxylic acids is 1. The third-order valence-electron chi connectivity index (χ3n) is 1.02. The summed E-state index contributed by atoms with van der Waals surface area (Å²) in [6, 6.07) is 5.72. The van der Waals surface area contributed by atoms with Gasteiger partial charge in [0.1, 0.15) is 6.29 Å². The molecule has 1 aromatic rings. The van der Waals surface area contributed by atoms with E-state index in [2.05, 4.69) is 0 Å². The zero-order chi connectivity index (χ0) is 6.69. The Balaban J connectivity index is 0.000000810. The molecule has 0 fully saturated rings. The largest absolute Gasteiger partial charge is 1.00 e. The first-order valence-corrected chi connectivity index (χ1v) is 2.55. The van der Waals surface area contributed by atoms with E-state index in [-0.39, 0.29) is 57.1 Å². The van der Waals surface area contributed by atoms with Crippen molar-refractivity contribution in [1.29, 1.82) is 0 Å². The number of aldehydes is 1. The Kier molecular flexibility index (Phi) is 5.20. The molecule has 0 atom stereocenters. The molecule has 46 valence electrons. The Morgan fingerprint density at radius 3 is 2.10 bits per heavy atom. The van der Waals surface area contributed by atoms with Crippen LogP contribution in [0.5, 0.6) is 5.75 Å². The minimum Gasteiger partial charge on any atom is -0.872 e. The zero-order valence-electron chi connectivity index (χ0n) is 5.70. The van der Waals surface area contributed by atoms with Gasteiger partial charge in [0, 0.05) is 5.56 Å². The summed E-state index contributed by atoms with van der Waals surface area (Å²) in [4.78, 5) is 10.0. The zero-order valence-corrected chi connectivity index (χ0v) is 8.83. The van der Waals surface area contributed by atoms with Crippen LogP contribution in [0.3, 0.4) is 0 Å². The van der Waals surface area contributed by atoms with Crippen molar-refractivity contribution in [2.24, 2.45) is 0 Å². The summed E-state index contributed by atoms with van der Waals surface area (Å²) in [5.74, 6) is -0.0689. The quantitative estimate of drug-likeness (QED) is 0.339. The number of rotatable bonds is 1. The third kappa shape index (κ3) is 2.94. The fraction of sp³-hybridized carbons (Fsp3) is 0. The monoisotopic (exact) mass is 160 g/mol. The first-order chi connectivity index (χ1) is 4.33. The molecular formula is C7H5KO2. The van der Waals surface area contributed by atoms with E-state index in [0.717, 1.165) is 0 Å². The summed E-state index contributed by atoms with van der Waals surface area (Å²) in [6.45, 7) is 0. The molecule has 0 aliphatic carbocycles. The second kappa shape index (κ2) is 5.04. The molecule has 0 aliphatic heterocycles. The van der Waals surface area contributed by atoms with Gasteiger partial charge in [-0.25, -0.2) is 0 Å². The van der Waals surface area contributed by atoms with E-state index in [1.54, 1.807) is 0 Å². The van der Waals surface area contributed by atoms with Gasteiger partial charge in [0.15, 0.2) is 0 Å². The van der Waals surface area contributed by atoms with E-state index in [4.69, 9.17) is 0 Å². The minimum absolute atomic E-state index is 0. The van der Waals surface area contributed by atoms with Gasteiger partial charge in [-0.3, -0.25) is 4.79 Å². The van der Waals surface area contributed by atoms with Crippen LogP contribution in [0, 0.1) is 0 Å². The predicted molar refractivity (Wildman–Crippen MR) is 31.3 cm³/mol. The van der Waals surface area contributed by atoms with Crippen LogP contribution in [0.1, 0.15) is 10.4 Å². The van der Waals surface area contributed by atoms with Gasteiger partial charge in [0.05, 0.1) is 0 Å². The molecule has 1 rings (SSSR count). The SMILES string of the molecule is O=Cc1ccc([O-])cc1.[K+]. The summed E-state index contributed by atoms with van der Waals surface area (Å²) in [5.41, 5.74) is 0.537. The topological polar surface area (TPSA) is 40.1 Å². The van der Waals surface area contributed by atoms with Gasteiger partial charge < -0.3 is 5.11 Å². The molecule has 3 heteroatoms. The average Bonchev–Trinajstić information content (AvgIpc) is 1.90. The third-order valence-corrected chi connectivity index (χ3v) is 1.02. The molecule has 0 spiro atoms. The molecule has 0 aliphatic rings. The van der Waals surface area contributed by atoms with Gasteiger partial charge in [0.25, 0.3) is 0 Å². The molecule has 0 aromatic heterocycles. The van der Waals surface area contributed by atoms with Crippen molar-refractivity contribution in [2.75, 3.05) is 0 Å². The van der Waals surface area contributed by atoms with Gasteiger partial charge in [-0.2, -0.15) is 0 Å². The summed E-state index contributed by atoms with van der Waals surface area (Å²) in [6.07, 6.45) is 0.708. The number of hydrogen-bond donors (Lipinski definition) is 0. The molecule has 0 unspecified atom stereocenters. The molecule has 0 saturated heterocycles. The van der Waals surface area contributed by atoms with Crippen molar-refractivity contribution in [3.8, 4) is 5.75 Å². The van der Waals surface area contributed by atoms with Gasteiger partial charge in [0.2, 0.25) is 0 Å². The molecule has 2 nitrogen and oxygen atoms in total. The maximum Gasteiger partial charge on any atom is 1.00 e. The van der Waals surface area contributed by atoms with E-state index in [0.29, 0.717) is 11.8 Å². The normalized spacial score (nSPS) is 8.00. The van der Waals surface area contributed by atoms with Gasteiger partial charge >= 0.3 is 51.4 Å². The standard InChI is InChI=1S/C7H6O2.K/c8-5-6-1-3-7(9)4-2-6;/h1-5,9H;/q;+1/p-1. The summed E-state index contributed by atoms with van der Waals surface area (Å²) < 4.78 is 0. The van der Waals surface area contributed by atoms with Crippen LogP contribution < -0.4 is 56.5 Å². The van der Waals surface area contributed by atoms with Crippen molar-refractivity contribution in [2.45, 2.75) is 0 Å². The fourth-order valence-corrected chi connectivity index (χ4v) is 0.546. The molecule has 0 amide bonds. The Labute approximate surface area is 102 Å². The molecule has 0 heterocycles. The summed E-state index contributed by atoms with van der Waals surface area (Å²) >= 11 is 0. The second-order valence-electron chi connectivity index (χ2n) is 1.69. The van der Waals surface area contributed by atoms with Crippen LogP contribution in [0.2, 0.25) is 0 Å². The minimum atomic E-state index is -0.0689. The molecule has 0 saturated carbocycles. The van der Waals surface area contributed by atoms with Crippen molar-refractivity contribution in [1.82, 2.24) is 0 Å². The van der Waals surface area contributed by atoms with Crippen molar-refractivity contribution < 1.29 is 61.3 Å². The number of benzene rings is 1. The van der Waals surface area contributed by atoms with Crippen LogP contribution >= 0.6 is 0 Å². The Morgan fingerprint density at radius 2 is 1.70 bits per heavy atom. The van der Waals surface area contributed by atoms with Gasteiger partial charge in [-0.1, -0.05) is 24.3 Å². The Morgan fingerprint density at radius 1 is 1.20 bits per heavy atom. The van der Waals surface area contributed by atoms with Crippen LogP contribution in [-0.2, 0) is 0 Å². The number of hydrogen-bond acceptors (Lipinski definition) is 2. The second-order valence-corrected chi connectivity index (χ2v) is 1.69. The Bertz CT molecular complexity index is 205. The van der Waals surface area contributed by atoms with E-state index >= 15 is 0 Å². The van der Waals surface area contributed by atoms with Gasteiger partial charge in [-0.15, -0.1) is 5.75 Å². The molecule has 0 bridgehead atoms. The maximum atomic E-state index is 10.4. The fourth-order valence-electron chi connectivity index (χ4n) is 0.546. The van der Waals surface area contributed by atoms with Crippen molar-refractivity contribution >= 4 is 6.29 Å². The smallest absolute Gasteiger partial charge is 0.872 e. The van der Waals surface area contributed by atoms with Crippen LogP contribution in [-0.4, -0.2) is 6.29 Å². The first-order valence-electron chi connectivity index (χ1n) is 2.55. The van der Waals surface area contributed by atoms with Crippen LogP contribution in [0.25, 0.3) is 0 Å². The predicted octanol–water partition coefficient (Wildman–Crippen LogP) is -2.42. The summed E-state index contributed by atoms with van der Waals surface area (Å²) in [5, 5.41) is 10.4. The first kappa shape index (κ1) is 10.3. The summed E-state index contributed by atoms with van der Waals surface area (Å²) in [7, 11) is 0. The van der Waals surface area contributed by atoms with Crippen molar-refractivity contribution in [3.05, 3.63) is 29.8 Å². The maximum absolute atomic E-state index is 10.4. The van der Waals surface area contributed by atoms with Crippen LogP contribution in [0.4, 0.5) is 0 Å². The Hall–Kier alpha value is 0.326. The van der Waals surface area contributed by atoms with Crippen molar-refractivity contribution in [3.63, 3.8) is 0 Å². The average molecular weight is 160 g/mol.